The first-order valence-electron chi connectivity index (χ1n) is 9.90. The lowest BCUT2D eigenvalue weighted by molar-refractivity contribution is -0.123. The second-order valence-corrected chi connectivity index (χ2v) is 7.48. The highest BCUT2D eigenvalue weighted by atomic mass is 16.5. The molecular formula is C21H32N2O2. The van der Waals surface area contributed by atoms with Crippen molar-refractivity contribution in [3.8, 4) is 5.75 Å². The summed E-state index contributed by atoms with van der Waals surface area (Å²) in [7, 11) is 0. The molecule has 3 rings (SSSR count). The van der Waals surface area contributed by atoms with Gasteiger partial charge in [0.05, 0.1) is 19.2 Å². The van der Waals surface area contributed by atoms with Crippen LogP contribution >= 0.6 is 0 Å². The average Bonchev–Trinajstić information content (AvgIpc) is 3.50. The number of nitrogens with zero attached hydrogens (tertiary/aromatic N) is 1. The Morgan fingerprint density at radius 1 is 1.24 bits per heavy atom. The maximum absolute atomic E-state index is 12.8. The summed E-state index contributed by atoms with van der Waals surface area (Å²) >= 11 is 0. The zero-order chi connectivity index (χ0) is 17.8. The van der Waals surface area contributed by atoms with E-state index in [1.165, 1.54) is 25.7 Å². The number of para-hydroxylation sites is 1. The van der Waals surface area contributed by atoms with Crippen molar-refractivity contribution in [1.29, 1.82) is 0 Å². The van der Waals surface area contributed by atoms with Gasteiger partial charge in [-0.2, -0.15) is 0 Å². The minimum atomic E-state index is 0.00698. The summed E-state index contributed by atoms with van der Waals surface area (Å²) in [5.74, 6) is 1.81. The molecule has 138 valence electrons. The van der Waals surface area contributed by atoms with Gasteiger partial charge in [-0.3, -0.25) is 9.69 Å². The molecule has 4 nitrogen and oxygen atoms in total. The van der Waals surface area contributed by atoms with E-state index in [-0.39, 0.29) is 11.9 Å². The van der Waals surface area contributed by atoms with Crippen molar-refractivity contribution < 1.29 is 9.53 Å². The van der Waals surface area contributed by atoms with Gasteiger partial charge in [0, 0.05) is 17.6 Å². The molecule has 1 amide bonds. The largest absolute Gasteiger partial charge is 0.494 e. The molecule has 0 aromatic heterocycles. The van der Waals surface area contributed by atoms with Gasteiger partial charge in [0.2, 0.25) is 5.91 Å². The van der Waals surface area contributed by atoms with Crippen LogP contribution < -0.4 is 10.1 Å². The van der Waals surface area contributed by atoms with E-state index in [1.54, 1.807) is 0 Å². The second-order valence-electron chi connectivity index (χ2n) is 7.48. The first-order chi connectivity index (χ1) is 12.1. The Hall–Kier alpha value is -1.55. The lowest BCUT2D eigenvalue weighted by Gasteiger charge is -2.29. The second kappa shape index (κ2) is 8.22. The first kappa shape index (κ1) is 18.2. The van der Waals surface area contributed by atoms with Gasteiger partial charge in [0.25, 0.3) is 0 Å². The van der Waals surface area contributed by atoms with Crippen LogP contribution in [0.25, 0.3) is 0 Å². The van der Waals surface area contributed by atoms with Crippen LogP contribution in [0.1, 0.15) is 64.5 Å². The molecule has 0 bridgehead atoms. The average molecular weight is 344 g/mol. The van der Waals surface area contributed by atoms with E-state index in [1.807, 2.05) is 25.1 Å². The number of hydrogen-bond donors (Lipinski definition) is 1. The fourth-order valence-electron chi connectivity index (χ4n) is 3.72. The maximum Gasteiger partial charge on any atom is 0.234 e. The SMILES string of the molecule is CCOc1ccccc1C(CC)NC(=O)CN(C1CC1)C(C)C1CC1. The first-order valence-corrected chi connectivity index (χ1v) is 9.90. The van der Waals surface area contributed by atoms with Gasteiger partial charge < -0.3 is 10.1 Å². The molecule has 0 heterocycles. The Morgan fingerprint density at radius 2 is 1.96 bits per heavy atom. The van der Waals surface area contributed by atoms with Crippen molar-refractivity contribution in [2.75, 3.05) is 13.2 Å². The fraction of sp³-hybridized carbons (Fsp3) is 0.667. The Labute approximate surface area is 151 Å². The van der Waals surface area contributed by atoms with Crippen LogP contribution in [0.4, 0.5) is 0 Å². The van der Waals surface area contributed by atoms with Crippen molar-refractivity contribution in [3.05, 3.63) is 29.8 Å². The Morgan fingerprint density at radius 3 is 2.56 bits per heavy atom. The number of carbonyl (C=O) groups is 1. The molecule has 2 aliphatic carbocycles. The highest BCUT2D eigenvalue weighted by Gasteiger charge is 2.39. The third-order valence-corrected chi connectivity index (χ3v) is 5.51. The molecule has 2 saturated carbocycles. The highest BCUT2D eigenvalue weighted by molar-refractivity contribution is 5.78. The van der Waals surface area contributed by atoms with Crippen LogP contribution in [0.3, 0.4) is 0 Å². The molecular weight excluding hydrogens is 312 g/mol. The minimum absolute atomic E-state index is 0.00698. The van der Waals surface area contributed by atoms with E-state index in [4.69, 9.17) is 4.74 Å². The van der Waals surface area contributed by atoms with Gasteiger partial charge in [-0.15, -0.1) is 0 Å². The number of nitrogens with one attached hydrogen (secondary N) is 1. The van der Waals surface area contributed by atoms with Crippen LogP contribution in [-0.4, -0.2) is 36.0 Å². The summed E-state index contributed by atoms with van der Waals surface area (Å²) < 4.78 is 5.75. The summed E-state index contributed by atoms with van der Waals surface area (Å²) in [4.78, 5) is 15.2. The third-order valence-electron chi connectivity index (χ3n) is 5.51. The van der Waals surface area contributed by atoms with Crippen molar-refractivity contribution in [2.24, 2.45) is 5.92 Å². The van der Waals surface area contributed by atoms with E-state index in [0.717, 1.165) is 23.7 Å². The number of carbonyl (C=O) groups excluding carboxylic acids is 1. The van der Waals surface area contributed by atoms with Crippen LogP contribution in [0.2, 0.25) is 0 Å². The molecule has 2 fully saturated rings. The quantitative estimate of drug-likeness (QED) is 0.699. The number of ether oxygens (including phenoxy) is 1. The molecule has 25 heavy (non-hydrogen) atoms. The maximum atomic E-state index is 12.8. The van der Waals surface area contributed by atoms with E-state index in [0.29, 0.717) is 25.2 Å². The Balaban J connectivity index is 1.63. The number of hydrogen-bond acceptors (Lipinski definition) is 3. The van der Waals surface area contributed by atoms with Gasteiger partial charge in [-0.25, -0.2) is 0 Å². The zero-order valence-electron chi connectivity index (χ0n) is 15.8. The van der Waals surface area contributed by atoms with Crippen molar-refractivity contribution in [1.82, 2.24) is 10.2 Å². The van der Waals surface area contributed by atoms with Gasteiger partial charge in [-0.1, -0.05) is 25.1 Å². The Bertz CT molecular complexity index is 581. The zero-order valence-corrected chi connectivity index (χ0v) is 15.8. The predicted octanol–water partition coefficient (Wildman–Crippen LogP) is 3.92. The predicted molar refractivity (Wildman–Crippen MR) is 101 cm³/mol. The number of amides is 1. The van der Waals surface area contributed by atoms with Crippen LogP contribution in [0.15, 0.2) is 24.3 Å². The molecule has 0 aliphatic heterocycles. The van der Waals surface area contributed by atoms with Crippen molar-refractivity contribution in [3.63, 3.8) is 0 Å². The van der Waals surface area contributed by atoms with Gasteiger partial charge in [-0.05, 0) is 57.9 Å². The van der Waals surface area contributed by atoms with Gasteiger partial charge in [0.1, 0.15) is 5.75 Å². The molecule has 4 heteroatoms. The minimum Gasteiger partial charge on any atom is -0.494 e. The Kier molecular flexibility index (Phi) is 6.00. The van der Waals surface area contributed by atoms with Crippen molar-refractivity contribution in [2.45, 2.75) is 71.0 Å². The highest BCUT2D eigenvalue weighted by Crippen LogP contribution is 2.39. The fourth-order valence-corrected chi connectivity index (χ4v) is 3.72. The monoisotopic (exact) mass is 344 g/mol. The van der Waals surface area contributed by atoms with E-state index >= 15 is 0 Å². The lowest BCUT2D eigenvalue weighted by Crippen LogP contribution is -2.44. The molecule has 2 aliphatic rings. The summed E-state index contributed by atoms with van der Waals surface area (Å²) in [5.41, 5.74) is 1.08. The summed E-state index contributed by atoms with van der Waals surface area (Å²) in [6.07, 6.45) is 6.00. The molecule has 2 unspecified atom stereocenters. The topological polar surface area (TPSA) is 41.6 Å². The van der Waals surface area contributed by atoms with E-state index in [9.17, 15) is 4.79 Å². The third kappa shape index (κ3) is 4.75. The molecule has 0 saturated heterocycles. The van der Waals surface area contributed by atoms with Crippen LogP contribution in [0, 0.1) is 5.92 Å². The van der Waals surface area contributed by atoms with Gasteiger partial charge in [0.15, 0.2) is 0 Å². The molecule has 0 radical (unpaired) electrons. The lowest BCUT2D eigenvalue weighted by atomic mass is 10.0. The molecule has 2 atom stereocenters. The number of rotatable bonds is 10. The van der Waals surface area contributed by atoms with E-state index < -0.39 is 0 Å². The summed E-state index contributed by atoms with van der Waals surface area (Å²) in [6.45, 7) is 7.55. The van der Waals surface area contributed by atoms with Gasteiger partial charge >= 0.3 is 0 Å². The molecule has 0 spiro atoms. The van der Waals surface area contributed by atoms with Crippen LogP contribution in [0.5, 0.6) is 5.75 Å². The summed E-state index contributed by atoms with van der Waals surface area (Å²) in [6, 6.07) is 9.20. The van der Waals surface area contributed by atoms with Crippen molar-refractivity contribution >= 4 is 5.91 Å². The smallest absolute Gasteiger partial charge is 0.234 e. The standard InChI is InChI=1S/C21H32N2O2/c1-4-19(18-8-6-7-9-20(18)25-5-2)22-21(24)14-23(17-12-13-17)15(3)16-10-11-16/h6-9,15-17,19H,4-5,10-14H2,1-3H3,(H,22,24). The number of benzene rings is 1. The van der Waals surface area contributed by atoms with Crippen LogP contribution in [-0.2, 0) is 4.79 Å². The summed E-state index contributed by atoms with van der Waals surface area (Å²) in [5, 5.41) is 3.25. The molecule has 1 aromatic carbocycles. The normalized spacial score (nSPS) is 19.5. The molecule has 1 N–H and O–H groups in total. The molecule has 1 aromatic rings. The van der Waals surface area contributed by atoms with E-state index in [2.05, 4.69) is 30.1 Å².